The first-order valence-electron chi connectivity index (χ1n) is 5.12. The molecular formula is C11H10N4O3. The largest absolute Gasteiger partial charge is 0.477 e. The van der Waals surface area contributed by atoms with Gasteiger partial charge in [0.25, 0.3) is 5.91 Å². The first kappa shape index (κ1) is 11.8. The zero-order valence-electron chi connectivity index (χ0n) is 9.25. The van der Waals surface area contributed by atoms with E-state index in [2.05, 4.69) is 20.5 Å². The van der Waals surface area contributed by atoms with Crippen LogP contribution in [0.2, 0.25) is 0 Å². The average Bonchev–Trinajstić information content (AvgIpc) is 2.90. The number of nitrogens with zero attached hydrogens (tertiary/aromatic N) is 2. The molecule has 18 heavy (non-hydrogen) atoms. The number of carboxylic acids is 1. The predicted octanol–water partition coefficient (Wildman–Crippen LogP) is 0.433. The summed E-state index contributed by atoms with van der Waals surface area (Å²) < 4.78 is 0. The Kier molecular flexibility index (Phi) is 3.33. The quantitative estimate of drug-likeness (QED) is 0.725. The third kappa shape index (κ3) is 2.70. The number of carboxylic acid groups (broad SMARTS) is 1. The first-order chi connectivity index (χ1) is 8.66. The van der Waals surface area contributed by atoms with Crippen molar-refractivity contribution >= 4 is 11.9 Å². The minimum Gasteiger partial charge on any atom is -0.477 e. The number of rotatable bonds is 4. The summed E-state index contributed by atoms with van der Waals surface area (Å²) >= 11 is 0. The number of carbonyl (C=O) groups is 2. The molecule has 0 atom stereocenters. The van der Waals surface area contributed by atoms with Gasteiger partial charge in [-0.2, -0.15) is 5.10 Å². The van der Waals surface area contributed by atoms with E-state index in [1.54, 1.807) is 12.1 Å². The normalized spacial score (nSPS) is 10.0. The van der Waals surface area contributed by atoms with Crippen LogP contribution in [0, 0.1) is 0 Å². The molecular weight excluding hydrogens is 236 g/mol. The molecule has 0 spiro atoms. The maximum Gasteiger partial charge on any atom is 0.354 e. The summed E-state index contributed by atoms with van der Waals surface area (Å²) in [6.07, 6.45) is 2.90. The summed E-state index contributed by atoms with van der Waals surface area (Å²) in [4.78, 5) is 25.9. The smallest absolute Gasteiger partial charge is 0.354 e. The van der Waals surface area contributed by atoms with Crippen LogP contribution in [-0.2, 0) is 6.54 Å². The lowest BCUT2D eigenvalue weighted by Crippen LogP contribution is -2.23. The van der Waals surface area contributed by atoms with Crippen molar-refractivity contribution in [2.45, 2.75) is 6.54 Å². The standard InChI is InChI=1S/C11H10N4O3/c16-10(8-3-4-14-15-8)13-6-7-1-2-9(11(17)18)12-5-7/h1-5H,6H2,(H,13,16)(H,14,15)(H,17,18). The lowest BCUT2D eigenvalue weighted by atomic mass is 10.2. The predicted molar refractivity (Wildman–Crippen MR) is 61.0 cm³/mol. The molecule has 0 aromatic carbocycles. The fourth-order valence-electron chi connectivity index (χ4n) is 1.32. The van der Waals surface area contributed by atoms with E-state index in [1.807, 2.05) is 0 Å². The molecule has 2 heterocycles. The van der Waals surface area contributed by atoms with Gasteiger partial charge in [-0.15, -0.1) is 0 Å². The Bertz CT molecular complexity index is 548. The molecule has 0 saturated heterocycles. The van der Waals surface area contributed by atoms with Crippen molar-refractivity contribution in [2.75, 3.05) is 0 Å². The van der Waals surface area contributed by atoms with Crippen LogP contribution in [0.5, 0.6) is 0 Å². The molecule has 0 fully saturated rings. The third-order valence-electron chi connectivity index (χ3n) is 2.24. The van der Waals surface area contributed by atoms with Crippen molar-refractivity contribution in [1.82, 2.24) is 20.5 Å². The van der Waals surface area contributed by atoms with Gasteiger partial charge < -0.3 is 10.4 Å². The first-order valence-corrected chi connectivity index (χ1v) is 5.12. The zero-order chi connectivity index (χ0) is 13.0. The van der Waals surface area contributed by atoms with Gasteiger partial charge in [0.15, 0.2) is 0 Å². The minimum atomic E-state index is -1.08. The van der Waals surface area contributed by atoms with Gasteiger partial charge in [0.2, 0.25) is 0 Å². The van der Waals surface area contributed by atoms with Gasteiger partial charge in [-0.25, -0.2) is 9.78 Å². The molecule has 3 N–H and O–H groups in total. The van der Waals surface area contributed by atoms with Crippen molar-refractivity contribution in [1.29, 1.82) is 0 Å². The molecule has 2 aromatic rings. The summed E-state index contributed by atoms with van der Waals surface area (Å²) in [7, 11) is 0. The van der Waals surface area contributed by atoms with Gasteiger partial charge in [-0.3, -0.25) is 9.89 Å². The second kappa shape index (κ2) is 5.09. The highest BCUT2D eigenvalue weighted by molar-refractivity contribution is 5.92. The maximum absolute atomic E-state index is 11.6. The number of pyridine rings is 1. The molecule has 7 heteroatoms. The number of carbonyl (C=O) groups excluding carboxylic acids is 1. The third-order valence-corrected chi connectivity index (χ3v) is 2.24. The number of aromatic amines is 1. The Morgan fingerprint density at radius 2 is 2.17 bits per heavy atom. The number of hydrogen-bond acceptors (Lipinski definition) is 4. The van der Waals surface area contributed by atoms with Gasteiger partial charge in [0.1, 0.15) is 11.4 Å². The SMILES string of the molecule is O=C(O)c1ccc(CNC(=O)c2ccn[nH]2)cn1. The molecule has 0 bridgehead atoms. The minimum absolute atomic E-state index is 0.0290. The molecule has 0 unspecified atom stereocenters. The highest BCUT2D eigenvalue weighted by atomic mass is 16.4. The van der Waals surface area contributed by atoms with E-state index in [4.69, 9.17) is 5.11 Å². The lowest BCUT2D eigenvalue weighted by Gasteiger charge is -2.03. The van der Waals surface area contributed by atoms with Gasteiger partial charge in [-0.05, 0) is 17.7 Å². The Balaban J connectivity index is 1.94. The van der Waals surface area contributed by atoms with Crippen LogP contribution in [-0.4, -0.2) is 32.2 Å². The van der Waals surface area contributed by atoms with E-state index in [0.717, 1.165) is 0 Å². The van der Waals surface area contributed by atoms with Crippen LogP contribution in [0.3, 0.4) is 0 Å². The fourth-order valence-corrected chi connectivity index (χ4v) is 1.32. The summed E-state index contributed by atoms with van der Waals surface area (Å²) in [6, 6.07) is 4.55. The Morgan fingerprint density at radius 1 is 1.33 bits per heavy atom. The molecule has 0 aliphatic rings. The van der Waals surface area contributed by atoms with E-state index < -0.39 is 5.97 Å². The summed E-state index contributed by atoms with van der Waals surface area (Å²) in [5, 5.41) is 17.5. The second-order valence-electron chi connectivity index (χ2n) is 3.51. The van der Waals surface area contributed by atoms with Crippen molar-refractivity contribution in [2.24, 2.45) is 0 Å². The van der Waals surface area contributed by atoms with E-state index in [-0.39, 0.29) is 18.1 Å². The topological polar surface area (TPSA) is 108 Å². The Labute approximate surface area is 102 Å². The zero-order valence-corrected chi connectivity index (χ0v) is 9.25. The highest BCUT2D eigenvalue weighted by Crippen LogP contribution is 2.01. The van der Waals surface area contributed by atoms with Crippen LogP contribution in [0.1, 0.15) is 26.5 Å². The average molecular weight is 246 g/mol. The van der Waals surface area contributed by atoms with Crippen molar-refractivity contribution in [3.63, 3.8) is 0 Å². The Morgan fingerprint density at radius 3 is 2.72 bits per heavy atom. The number of H-pyrrole nitrogens is 1. The molecule has 0 aliphatic carbocycles. The summed E-state index contributed by atoms with van der Waals surface area (Å²) in [5.74, 6) is -1.36. The van der Waals surface area contributed by atoms with Gasteiger partial charge in [-0.1, -0.05) is 6.07 Å². The molecule has 0 radical (unpaired) electrons. The van der Waals surface area contributed by atoms with E-state index >= 15 is 0 Å². The van der Waals surface area contributed by atoms with Crippen LogP contribution in [0.25, 0.3) is 0 Å². The van der Waals surface area contributed by atoms with E-state index in [9.17, 15) is 9.59 Å². The van der Waals surface area contributed by atoms with E-state index in [1.165, 1.54) is 18.5 Å². The van der Waals surface area contributed by atoms with Gasteiger partial charge in [0.05, 0.1) is 0 Å². The second-order valence-corrected chi connectivity index (χ2v) is 3.51. The maximum atomic E-state index is 11.6. The van der Waals surface area contributed by atoms with Crippen molar-refractivity contribution in [3.05, 3.63) is 47.5 Å². The number of hydrogen-bond donors (Lipinski definition) is 3. The van der Waals surface area contributed by atoms with Crippen molar-refractivity contribution in [3.8, 4) is 0 Å². The monoisotopic (exact) mass is 246 g/mol. The van der Waals surface area contributed by atoms with Crippen LogP contribution >= 0.6 is 0 Å². The van der Waals surface area contributed by atoms with Crippen LogP contribution in [0.15, 0.2) is 30.6 Å². The molecule has 92 valence electrons. The van der Waals surface area contributed by atoms with Gasteiger partial charge in [0, 0.05) is 18.9 Å². The number of aromatic nitrogens is 3. The molecule has 2 aromatic heterocycles. The molecule has 7 nitrogen and oxygen atoms in total. The number of aromatic carboxylic acids is 1. The Hall–Kier alpha value is -2.70. The number of amides is 1. The van der Waals surface area contributed by atoms with Crippen LogP contribution < -0.4 is 5.32 Å². The summed E-state index contributed by atoms with van der Waals surface area (Å²) in [5.41, 5.74) is 1.05. The summed E-state index contributed by atoms with van der Waals surface area (Å²) in [6.45, 7) is 0.269. The molecule has 0 aliphatic heterocycles. The van der Waals surface area contributed by atoms with Crippen LogP contribution in [0.4, 0.5) is 0 Å². The molecule has 1 amide bonds. The fraction of sp³-hybridized carbons (Fsp3) is 0.0909. The molecule has 0 saturated carbocycles. The lowest BCUT2D eigenvalue weighted by molar-refractivity contribution is 0.0690. The highest BCUT2D eigenvalue weighted by Gasteiger charge is 2.07. The number of nitrogens with one attached hydrogen (secondary N) is 2. The van der Waals surface area contributed by atoms with Gasteiger partial charge >= 0.3 is 5.97 Å². The van der Waals surface area contributed by atoms with Crippen molar-refractivity contribution < 1.29 is 14.7 Å². The molecule has 2 rings (SSSR count). The van der Waals surface area contributed by atoms with E-state index in [0.29, 0.717) is 11.3 Å².